The van der Waals surface area contributed by atoms with Crippen LogP contribution in [0.25, 0.3) is 0 Å². The van der Waals surface area contributed by atoms with Gasteiger partial charge in [-0.2, -0.15) is 0 Å². The van der Waals surface area contributed by atoms with E-state index in [2.05, 4.69) is 28.4 Å². The summed E-state index contributed by atoms with van der Waals surface area (Å²) in [7, 11) is 1.68. The summed E-state index contributed by atoms with van der Waals surface area (Å²) < 4.78 is 11.5. The molecule has 0 saturated heterocycles. The second kappa shape index (κ2) is 12.8. The second-order valence-corrected chi connectivity index (χ2v) is 9.48. The summed E-state index contributed by atoms with van der Waals surface area (Å²) in [6.45, 7) is 2.00. The molecule has 0 unspecified atom stereocenters. The smallest absolute Gasteiger partial charge is 0.287 e. The largest absolute Gasteiger partial charge is 0.497 e. The van der Waals surface area contributed by atoms with E-state index in [-0.39, 0.29) is 11.9 Å². The van der Waals surface area contributed by atoms with E-state index in [4.69, 9.17) is 9.15 Å². The van der Waals surface area contributed by atoms with Gasteiger partial charge in [0.25, 0.3) is 5.91 Å². The Morgan fingerprint density at radius 3 is 1.95 bits per heavy atom. The quantitative estimate of drug-likeness (QED) is 0.205. The molecule has 196 valence electrons. The number of carbonyl (C=O) groups is 1. The molecule has 0 fully saturated rings. The van der Waals surface area contributed by atoms with Gasteiger partial charge >= 0.3 is 0 Å². The number of methoxy groups -OCH3 is 1. The summed E-state index contributed by atoms with van der Waals surface area (Å²) >= 11 is 0. The van der Waals surface area contributed by atoms with Crippen molar-refractivity contribution in [1.82, 2.24) is 10.2 Å². The molecule has 1 aromatic heterocycles. The Kier molecular flexibility index (Phi) is 8.51. The van der Waals surface area contributed by atoms with Gasteiger partial charge in [0.15, 0.2) is 5.76 Å². The highest BCUT2D eigenvalue weighted by Gasteiger charge is 2.20. The van der Waals surface area contributed by atoms with Crippen molar-refractivity contribution in [3.63, 3.8) is 0 Å². The van der Waals surface area contributed by atoms with Gasteiger partial charge in [0.05, 0.1) is 19.7 Å². The van der Waals surface area contributed by atoms with Crippen molar-refractivity contribution < 1.29 is 13.9 Å². The van der Waals surface area contributed by atoms with Crippen LogP contribution in [0, 0.1) is 0 Å². The summed E-state index contributed by atoms with van der Waals surface area (Å²) in [5, 5.41) is 3.16. The van der Waals surface area contributed by atoms with Gasteiger partial charge in [-0.05, 0) is 46.5 Å². The summed E-state index contributed by atoms with van der Waals surface area (Å²) in [5.41, 5.74) is 4.37. The number of rotatable bonds is 11. The molecule has 5 heteroatoms. The zero-order chi connectivity index (χ0) is 26.9. The Balaban J connectivity index is 1.33. The van der Waals surface area contributed by atoms with Crippen LogP contribution < -0.4 is 10.1 Å². The third kappa shape index (κ3) is 7.03. The third-order valence-electron chi connectivity index (χ3n) is 6.60. The van der Waals surface area contributed by atoms with Gasteiger partial charge in [-0.15, -0.1) is 0 Å². The Hall–Kier alpha value is -4.61. The van der Waals surface area contributed by atoms with Crippen LogP contribution in [0.5, 0.6) is 5.75 Å². The van der Waals surface area contributed by atoms with E-state index in [1.54, 1.807) is 13.2 Å². The number of hydrogen-bond acceptors (Lipinski definition) is 4. The van der Waals surface area contributed by atoms with E-state index in [0.717, 1.165) is 34.7 Å². The molecule has 0 spiro atoms. The molecular weight excluding hydrogens is 484 g/mol. The van der Waals surface area contributed by atoms with E-state index in [1.807, 2.05) is 103 Å². The van der Waals surface area contributed by atoms with Crippen LogP contribution in [0.3, 0.4) is 0 Å². The molecule has 1 N–H and O–H groups in total. The first-order valence-electron chi connectivity index (χ1n) is 13.1. The van der Waals surface area contributed by atoms with Crippen molar-refractivity contribution in [2.75, 3.05) is 7.11 Å². The van der Waals surface area contributed by atoms with E-state index < -0.39 is 0 Å². The van der Waals surface area contributed by atoms with E-state index in [0.29, 0.717) is 18.8 Å². The fourth-order valence-electron chi connectivity index (χ4n) is 4.70. The SMILES string of the molecule is COc1cccc(CN(Cc2ccccc2)Cc2ccc(C(=O)NC(c3ccccc3)c3ccccc3)o2)c1. The molecule has 0 radical (unpaired) electrons. The number of nitrogens with one attached hydrogen (secondary N) is 1. The van der Waals surface area contributed by atoms with Crippen LogP contribution in [0.2, 0.25) is 0 Å². The minimum Gasteiger partial charge on any atom is -0.497 e. The molecule has 1 heterocycles. The maximum absolute atomic E-state index is 13.3. The second-order valence-electron chi connectivity index (χ2n) is 9.48. The van der Waals surface area contributed by atoms with Gasteiger partial charge in [0.1, 0.15) is 11.5 Å². The van der Waals surface area contributed by atoms with Crippen molar-refractivity contribution in [3.05, 3.63) is 161 Å². The maximum atomic E-state index is 13.3. The lowest BCUT2D eigenvalue weighted by molar-refractivity contribution is 0.0910. The number of carbonyl (C=O) groups excluding carboxylic acids is 1. The zero-order valence-electron chi connectivity index (χ0n) is 22.0. The Bertz CT molecular complexity index is 1430. The summed E-state index contributed by atoms with van der Waals surface area (Å²) in [6.07, 6.45) is 0. The lowest BCUT2D eigenvalue weighted by atomic mass is 9.98. The minimum absolute atomic E-state index is 0.249. The molecule has 39 heavy (non-hydrogen) atoms. The van der Waals surface area contributed by atoms with Gasteiger partial charge in [-0.3, -0.25) is 9.69 Å². The third-order valence-corrected chi connectivity index (χ3v) is 6.60. The summed E-state index contributed by atoms with van der Waals surface area (Å²) in [5.74, 6) is 1.61. The van der Waals surface area contributed by atoms with Crippen LogP contribution in [0.15, 0.2) is 132 Å². The van der Waals surface area contributed by atoms with Crippen molar-refractivity contribution >= 4 is 5.91 Å². The van der Waals surface area contributed by atoms with Crippen LogP contribution in [-0.4, -0.2) is 17.9 Å². The fraction of sp³-hybridized carbons (Fsp3) is 0.147. The number of ether oxygens (including phenoxy) is 1. The molecule has 1 amide bonds. The molecule has 0 aliphatic carbocycles. The summed E-state index contributed by atoms with van der Waals surface area (Å²) in [6, 6.07) is 41.7. The van der Waals surface area contributed by atoms with Crippen LogP contribution in [-0.2, 0) is 19.6 Å². The first kappa shape index (κ1) is 26.0. The number of furan rings is 1. The number of amides is 1. The average Bonchev–Trinajstić information content (AvgIpc) is 3.46. The highest BCUT2D eigenvalue weighted by atomic mass is 16.5. The first-order chi connectivity index (χ1) is 19.2. The molecule has 5 nitrogen and oxygen atoms in total. The van der Waals surface area contributed by atoms with E-state index >= 15 is 0 Å². The Morgan fingerprint density at radius 1 is 0.718 bits per heavy atom. The van der Waals surface area contributed by atoms with Crippen LogP contribution in [0.4, 0.5) is 0 Å². The first-order valence-corrected chi connectivity index (χ1v) is 13.1. The molecule has 0 aliphatic rings. The topological polar surface area (TPSA) is 54.7 Å². The minimum atomic E-state index is -0.281. The standard InChI is InChI=1S/C34H32N2O3/c1-38-30-19-11-14-27(22-30)24-36(23-26-12-5-2-6-13-26)25-31-20-21-32(39-31)34(37)35-33(28-15-7-3-8-16-28)29-17-9-4-10-18-29/h2-22,33H,23-25H2,1H3,(H,35,37). The predicted molar refractivity (Wildman–Crippen MR) is 153 cm³/mol. The average molecular weight is 517 g/mol. The lowest BCUT2D eigenvalue weighted by Crippen LogP contribution is -2.29. The van der Waals surface area contributed by atoms with Gasteiger partial charge in [-0.1, -0.05) is 103 Å². The van der Waals surface area contributed by atoms with Gasteiger partial charge < -0.3 is 14.5 Å². The van der Waals surface area contributed by atoms with Crippen molar-refractivity contribution in [2.24, 2.45) is 0 Å². The normalized spacial score (nSPS) is 11.1. The van der Waals surface area contributed by atoms with Crippen molar-refractivity contribution in [3.8, 4) is 5.75 Å². The number of nitrogens with zero attached hydrogens (tertiary/aromatic N) is 1. The van der Waals surface area contributed by atoms with Gasteiger partial charge in [-0.25, -0.2) is 0 Å². The fourth-order valence-corrected chi connectivity index (χ4v) is 4.70. The summed E-state index contributed by atoms with van der Waals surface area (Å²) in [4.78, 5) is 15.6. The zero-order valence-corrected chi connectivity index (χ0v) is 22.0. The monoisotopic (exact) mass is 516 g/mol. The molecule has 0 saturated carbocycles. The van der Waals surface area contributed by atoms with Crippen molar-refractivity contribution in [2.45, 2.75) is 25.7 Å². The molecular formula is C34H32N2O3. The molecule has 0 aliphatic heterocycles. The van der Waals surface area contributed by atoms with E-state index in [1.165, 1.54) is 5.56 Å². The van der Waals surface area contributed by atoms with Crippen molar-refractivity contribution in [1.29, 1.82) is 0 Å². The highest BCUT2D eigenvalue weighted by Crippen LogP contribution is 2.23. The molecule has 0 atom stereocenters. The van der Waals surface area contributed by atoms with Gasteiger partial charge in [0.2, 0.25) is 0 Å². The van der Waals surface area contributed by atoms with Crippen LogP contribution in [0.1, 0.15) is 44.6 Å². The Morgan fingerprint density at radius 2 is 1.31 bits per heavy atom. The molecule has 4 aromatic carbocycles. The van der Waals surface area contributed by atoms with Crippen LogP contribution >= 0.6 is 0 Å². The molecule has 0 bridgehead atoms. The Labute approximate surface area is 229 Å². The maximum Gasteiger partial charge on any atom is 0.287 e. The lowest BCUT2D eigenvalue weighted by Gasteiger charge is -2.22. The number of benzene rings is 4. The number of hydrogen-bond donors (Lipinski definition) is 1. The molecule has 5 rings (SSSR count). The van der Waals surface area contributed by atoms with E-state index in [9.17, 15) is 4.79 Å². The van der Waals surface area contributed by atoms with Gasteiger partial charge in [0, 0.05) is 13.1 Å². The predicted octanol–water partition coefficient (Wildman–Crippen LogP) is 7.01. The molecule has 5 aromatic rings. The highest BCUT2D eigenvalue weighted by molar-refractivity contribution is 5.92.